The number of anilines is 1. The molecule has 0 bridgehead atoms. The highest BCUT2D eigenvalue weighted by Gasteiger charge is 2.71. The molecule has 2 aromatic carbocycles. The van der Waals surface area contributed by atoms with Crippen molar-refractivity contribution in [2.75, 3.05) is 11.0 Å². The van der Waals surface area contributed by atoms with E-state index in [0.29, 0.717) is 18.5 Å². The van der Waals surface area contributed by atoms with E-state index in [-0.39, 0.29) is 5.92 Å². The molecule has 1 aliphatic carbocycles. The number of sulfonamides is 1. The Labute approximate surface area is 170 Å². The van der Waals surface area contributed by atoms with E-state index in [2.05, 4.69) is 9.71 Å². The molecule has 2 aromatic rings. The molecule has 29 heavy (non-hydrogen) atoms. The van der Waals surface area contributed by atoms with Crippen LogP contribution in [0.1, 0.15) is 23.5 Å². The van der Waals surface area contributed by atoms with Crippen molar-refractivity contribution in [3.63, 3.8) is 0 Å². The highest BCUT2D eigenvalue weighted by molar-refractivity contribution is 7.92. The van der Waals surface area contributed by atoms with Crippen molar-refractivity contribution < 1.29 is 18.3 Å². The zero-order chi connectivity index (χ0) is 20.7. The van der Waals surface area contributed by atoms with Crippen molar-refractivity contribution >= 4 is 27.9 Å². The fourth-order valence-electron chi connectivity index (χ4n) is 4.47. The minimum Gasteiger partial charge on any atom is -0.481 e. The van der Waals surface area contributed by atoms with Crippen molar-refractivity contribution in [2.24, 2.45) is 10.4 Å². The molecule has 2 N–H and O–H groups in total. The van der Waals surface area contributed by atoms with Gasteiger partial charge in [-0.25, -0.2) is 8.42 Å². The second-order valence-electron chi connectivity index (χ2n) is 7.76. The Kier molecular flexibility index (Phi) is 4.58. The molecule has 150 valence electrons. The van der Waals surface area contributed by atoms with Crippen molar-refractivity contribution in [3.8, 4) is 0 Å². The molecule has 0 spiro atoms. The summed E-state index contributed by atoms with van der Waals surface area (Å²) in [6.45, 7) is 0. The highest BCUT2D eigenvalue weighted by atomic mass is 32.2. The maximum Gasteiger partial charge on any atom is 0.313 e. The Morgan fingerprint density at radius 1 is 1.21 bits per heavy atom. The molecule has 6 nitrogen and oxygen atoms in total. The fraction of sp³-hybridized carbons (Fsp3) is 0.273. The third-order valence-electron chi connectivity index (χ3n) is 5.78. The van der Waals surface area contributed by atoms with Crippen molar-refractivity contribution in [2.45, 2.75) is 24.3 Å². The van der Waals surface area contributed by atoms with Crippen LogP contribution in [-0.4, -0.2) is 37.5 Å². The largest absolute Gasteiger partial charge is 0.481 e. The second kappa shape index (κ2) is 6.84. The van der Waals surface area contributed by atoms with E-state index in [1.165, 1.54) is 0 Å². The van der Waals surface area contributed by atoms with Gasteiger partial charge in [-0.3, -0.25) is 14.5 Å². The lowest BCUT2D eigenvalue weighted by atomic mass is 9.74. The van der Waals surface area contributed by atoms with Crippen LogP contribution in [0.25, 0.3) is 0 Å². The van der Waals surface area contributed by atoms with Crippen LogP contribution in [0.4, 0.5) is 5.69 Å². The number of hydrogen-bond donors (Lipinski definition) is 2. The zero-order valence-corrected chi connectivity index (χ0v) is 16.8. The Morgan fingerprint density at radius 3 is 2.59 bits per heavy atom. The van der Waals surface area contributed by atoms with Gasteiger partial charge >= 0.3 is 5.97 Å². The SMILES string of the molecule is CS(=O)(=O)Nc1cccc(CC2(C3(C(=O)O)CC3c3ccccc3)C=CC=N2)c1. The number of nitrogens with one attached hydrogen (secondary N) is 1. The number of carboxylic acid groups (broad SMARTS) is 1. The number of nitrogens with zero attached hydrogens (tertiary/aromatic N) is 1. The Bertz CT molecular complexity index is 1100. The van der Waals surface area contributed by atoms with E-state index in [1.54, 1.807) is 30.5 Å². The molecule has 1 fully saturated rings. The summed E-state index contributed by atoms with van der Waals surface area (Å²) in [6.07, 6.45) is 7.30. The summed E-state index contributed by atoms with van der Waals surface area (Å²) < 4.78 is 25.6. The van der Waals surface area contributed by atoms with Gasteiger partial charge in [-0.05, 0) is 35.8 Å². The van der Waals surface area contributed by atoms with E-state index in [4.69, 9.17) is 0 Å². The number of aliphatic imine (C=N–C) groups is 1. The first-order valence-corrected chi connectivity index (χ1v) is 11.2. The van der Waals surface area contributed by atoms with Gasteiger partial charge in [0.05, 0.1) is 11.8 Å². The Hall–Kier alpha value is -2.93. The van der Waals surface area contributed by atoms with Crippen LogP contribution in [0.3, 0.4) is 0 Å². The molecule has 1 heterocycles. The van der Waals surface area contributed by atoms with Gasteiger partial charge in [0.1, 0.15) is 5.41 Å². The Balaban J connectivity index is 1.70. The summed E-state index contributed by atoms with van der Waals surface area (Å²) in [6, 6.07) is 16.7. The van der Waals surface area contributed by atoms with E-state index in [9.17, 15) is 18.3 Å². The summed E-state index contributed by atoms with van der Waals surface area (Å²) in [4.78, 5) is 17.1. The number of carboxylic acids is 1. The molecule has 4 rings (SSSR count). The fourth-order valence-corrected chi connectivity index (χ4v) is 5.02. The van der Waals surface area contributed by atoms with Gasteiger partial charge in [-0.1, -0.05) is 48.5 Å². The van der Waals surface area contributed by atoms with Gasteiger partial charge in [-0.15, -0.1) is 0 Å². The second-order valence-corrected chi connectivity index (χ2v) is 9.51. The third kappa shape index (κ3) is 3.46. The highest BCUT2D eigenvalue weighted by Crippen LogP contribution is 2.68. The molecule has 1 saturated carbocycles. The molecule has 1 aliphatic heterocycles. The van der Waals surface area contributed by atoms with E-state index in [0.717, 1.165) is 17.4 Å². The average Bonchev–Trinajstić information content (AvgIpc) is 3.28. The van der Waals surface area contributed by atoms with Crippen molar-refractivity contribution in [3.05, 3.63) is 77.9 Å². The first-order valence-electron chi connectivity index (χ1n) is 9.34. The van der Waals surface area contributed by atoms with Crippen LogP contribution >= 0.6 is 0 Å². The summed E-state index contributed by atoms with van der Waals surface area (Å²) >= 11 is 0. The normalized spacial score (nSPS) is 27.7. The van der Waals surface area contributed by atoms with E-state index in [1.807, 2.05) is 42.5 Å². The number of rotatable bonds is 7. The average molecular weight is 410 g/mol. The molecule has 0 amide bonds. The molecular weight excluding hydrogens is 388 g/mol. The predicted octanol–water partition coefficient (Wildman–Crippen LogP) is 3.24. The smallest absolute Gasteiger partial charge is 0.313 e. The summed E-state index contributed by atoms with van der Waals surface area (Å²) in [5, 5.41) is 10.2. The molecule has 0 saturated heterocycles. The quantitative estimate of drug-likeness (QED) is 0.732. The first-order chi connectivity index (χ1) is 13.8. The van der Waals surface area contributed by atoms with Gasteiger partial charge in [0.25, 0.3) is 0 Å². The van der Waals surface area contributed by atoms with Crippen LogP contribution in [0.2, 0.25) is 0 Å². The van der Waals surface area contributed by atoms with Gasteiger partial charge in [0.2, 0.25) is 10.0 Å². The Morgan fingerprint density at radius 2 is 1.97 bits per heavy atom. The molecule has 0 aromatic heterocycles. The minimum absolute atomic E-state index is 0.126. The number of aliphatic carboxylic acids is 1. The van der Waals surface area contributed by atoms with E-state index >= 15 is 0 Å². The van der Waals surface area contributed by atoms with Gasteiger partial charge in [0.15, 0.2) is 0 Å². The number of allylic oxidation sites excluding steroid dienone is 1. The van der Waals surface area contributed by atoms with Crippen molar-refractivity contribution in [1.29, 1.82) is 0 Å². The lowest BCUT2D eigenvalue weighted by Crippen LogP contribution is -2.43. The molecule has 2 aliphatic rings. The maximum absolute atomic E-state index is 12.5. The monoisotopic (exact) mass is 410 g/mol. The molecule has 3 unspecified atom stereocenters. The standard InChI is InChI=1S/C22H22N2O4S/c1-29(27,28)24-18-10-5-7-16(13-18)14-21(11-6-12-23-21)22(20(25)26)15-19(22)17-8-3-2-4-9-17/h2-13,19,24H,14-15H2,1H3,(H,25,26). The van der Waals surface area contributed by atoms with Crippen LogP contribution in [0.15, 0.2) is 71.7 Å². The predicted molar refractivity (Wildman–Crippen MR) is 113 cm³/mol. The zero-order valence-electron chi connectivity index (χ0n) is 15.9. The maximum atomic E-state index is 12.5. The molecule has 0 radical (unpaired) electrons. The lowest BCUT2D eigenvalue weighted by Gasteiger charge is -2.32. The summed E-state index contributed by atoms with van der Waals surface area (Å²) in [7, 11) is -3.40. The lowest BCUT2D eigenvalue weighted by molar-refractivity contribution is -0.145. The van der Waals surface area contributed by atoms with Crippen LogP contribution < -0.4 is 4.72 Å². The molecule has 3 atom stereocenters. The van der Waals surface area contributed by atoms with Crippen molar-refractivity contribution in [1.82, 2.24) is 0 Å². The molecular formula is C22H22N2O4S. The van der Waals surface area contributed by atoms with Gasteiger partial charge in [0, 0.05) is 24.2 Å². The van der Waals surface area contributed by atoms with Gasteiger partial charge < -0.3 is 5.11 Å². The van der Waals surface area contributed by atoms with Crippen LogP contribution in [0, 0.1) is 5.41 Å². The first kappa shape index (κ1) is 19.4. The minimum atomic E-state index is -3.40. The third-order valence-corrected chi connectivity index (χ3v) is 6.39. The van der Waals surface area contributed by atoms with E-state index < -0.39 is 26.9 Å². The summed E-state index contributed by atoms with van der Waals surface area (Å²) in [5.41, 5.74) is 0.325. The topological polar surface area (TPSA) is 95.8 Å². The van der Waals surface area contributed by atoms with Crippen LogP contribution in [0.5, 0.6) is 0 Å². The number of benzene rings is 2. The number of carbonyl (C=O) groups is 1. The molecule has 7 heteroatoms. The van der Waals surface area contributed by atoms with Crippen LogP contribution in [-0.2, 0) is 21.2 Å². The van der Waals surface area contributed by atoms with Gasteiger partial charge in [-0.2, -0.15) is 0 Å². The number of hydrogen-bond acceptors (Lipinski definition) is 4. The summed E-state index contributed by atoms with van der Waals surface area (Å²) in [5.74, 6) is -0.987.